The number of halogens is 1. The minimum atomic E-state index is -0.203. The van der Waals surface area contributed by atoms with Crippen molar-refractivity contribution in [1.82, 2.24) is 14.8 Å². The summed E-state index contributed by atoms with van der Waals surface area (Å²) in [6.45, 7) is 3.48. The summed E-state index contributed by atoms with van der Waals surface area (Å²) in [4.78, 5) is 15.1. The average Bonchev–Trinajstić information content (AvgIpc) is 3.44. The molecule has 1 saturated heterocycles. The van der Waals surface area contributed by atoms with Crippen molar-refractivity contribution < 1.29 is 9.18 Å². The van der Waals surface area contributed by atoms with E-state index in [9.17, 15) is 9.18 Å². The van der Waals surface area contributed by atoms with Gasteiger partial charge in [0, 0.05) is 36.3 Å². The summed E-state index contributed by atoms with van der Waals surface area (Å²) in [6, 6.07) is 17.9. The van der Waals surface area contributed by atoms with Gasteiger partial charge in [0.25, 0.3) is 0 Å². The predicted molar refractivity (Wildman–Crippen MR) is 126 cm³/mol. The Kier molecular flexibility index (Phi) is 6.26. The van der Waals surface area contributed by atoms with E-state index in [-0.39, 0.29) is 17.6 Å². The number of rotatable bonds is 6. The van der Waals surface area contributed by atoms with Crippen LogP contribution in [0.4, 0.5) is 4.39 Å². The van der Waals surface area contributed by atoms with Gasteiger partial charge in [-0.1, -0.05) is 43.2 Å². The summed E-state index contributed by atoms with van der Waals surface area (Å²) in [5, 5.41) is 4.51. The fourth-order valence-corrected chi connectivity index (χ4v) is 5.33. The van der Waals surface area contributed by atoms with Crippen molar-refractivity contribution in [3.05, 3.63) is 71.7 Å². The van der Waals surface area contributed by atoms with Crippen molar-refractivity contribution in [1.29, 1.82) is 0 Å². The summed E-state index contributed by atoms with van der Waals surface area (Å²) in [5.74, 6) is 0.213. The average molecular weight is 434 g/mol. The number of hydrogen-bond acceptors (Lipinski definition) is 2. The maximum atomic E-state index is 13.4. The van der Waals surface area contributed by atoms with Crippen LogP contribution in [0.3, 0.4) is 0 Å². The molecule has 1 amide bonds. The van der Waals surface area contributed by atoms with E-state index in [1.807, 2.05) is 12.1 Å². The van der Waals surface area contributed by atoms with Gasteiger partial charge in [-0.25, -0.2) is 4.39 Å². The first-order valence-corrected chi connectivity index (χ1v) is 12.0. The molecule has 2 aliphatic rings. The third kappa shape index (κ3) is 4.73. The number of aromatic nitrogens is 1. The van der Waals surface area contributed by atoms with E-state index in [4.69, 9.17) is 0 Å². The van der Waals surface area contributed by atoms with Crippen LogP contribution in [0.15, 0.2) is 54.6 Å². The lowest BCUT2D eigenvalue weighted by Gasteiger charge is -2.32. The molecule has 1 aliphatic heterocycles. The van der Waals surface area contributed by atoms with Crippen LogP contribution in [0.2, 0.25) is 0 Å². The summed E-state index contributed by atoms with van der Waals surface area (Å²) in [7, 11) is 0. The number of piperidine rings is 1. The maximum Gasteiger partial charge on any atom is 0.223 e. The highest BCUT2D eigenvalue weighted by Crippen LogP contribution is 2.26. The molecule has 168 valence electrons. The molecule has 0 radical (unpaired) electrons. The standard InChI is InChI=1S/C27H32FN3O/c28-23-11-9-20(10-12-23)18-31-25(17-22-5-1-4-8-26(22)31)19-30-15-13-21(14-16-30)27(32)29-24-6-2-3-7-24/h1,4-5,8-12,17,21,24H,2-3,6-7,13-16,18-19H2,(H,29,32). The van der Waals surface area contributed by atoms with E-state index in [1.54, 1.807) is 0 Å². The normalized spacial score (nSPS) is 18.4. The quantitative estimate of drug-likeness (QED) is 0.587. The molecule has 2 aromatic carbocycles. The number of nitrogens with zero attached hydrogens (tertiary/aromatic N) is 2. The summed E-state index contributed by atoms with van der Waals surface area (Å²) < 4.78 is 15.7. The fourth-order valence-electron chi connectivity index (χ4n) is 5.33. The van der Waals surface area contributed by atoms with Crippen molar-refractivity contribution in [2.45, 2.75) is 57.7 Å². The van der Waals surface area contributed by atoms with Gasteiger partial charge in [-0.15, -0.1) is 0 Å². The molecule has 5 rings (SSSR count). The van der Waals surface area contributed by atoms with Crippen LogP contribution in [0.5, 0.6) is 0 Å². The Labute approximate surface area is 189 Å². The molecule has 4 nitrogen and oxygen atoms in total. The number of benzene rings is 2. The Morgan fingerprint density at radius 1 is 0.938 bits per heavy atom. The molecule has 32 heavy (non-hydrogen) atoms. The minimum Gasteiger partial charge on any atom is -0.353 e. The van der Waals surface area contributed by atoms with Crippen LogP contribution in [0.25, 0.3) is 10.9 Å². The molecule has 1 aromatic heterocycles. The van der Waals surface area contributed by atoms with Crippen molar-refractivity contribution >= 4 is 16.8 Å². The first-order chi connectivity index (χ1) is 15.7. The molecule has 1 saturated carbocycles. The number of para-hydroxylation sites is 1. The number of fused-ring (bicyclic) bond motifs is 1. The zero-order valence-corrected chi connectivity index (χ0v) is 18.6. The van der Waals surface area contributed by atoms with Gasteiger partial charge in [-0.3, -0.25) is 9.69 Å². The van der Waals surface area contributed by atoms with Gasteiger partial charge in [0.1, 0.15) is 5.82 Å². The number of likely N-dealkylation sites (tertiary alicyclic amines) is 1. The molecule has 0 unspecified atom stereocenters. The van der Waals surface area contributed by atoms with Gasteiger partial charge >= 0.3 is 0 Å². The number of nitrogens with one attached hydrogen (secondary N) is 1. The maximum absolute atomic E-state index is 13.4. The fraction of sp³-hybridized carbons (Fsp3) is 0.444. The Morgan fingerprint density at radius 3 is 2.41 bits per heavy atom. The van der Waals surface area contributed by atoms with Gasteiger partial charge in [0.05, 0.1) is 0 Å². The van der Waals surface area contributed by atoms with Crippen molar-refractivity contribution in [2.24, 2.45) is 5.92 Å². The smallest absolute Gasteiger partial charge is 0.223 e. The third-order valence-corrected chi connectivity index (χ3v) is 7.20. The number of amides is 1. The highest BCUT2D eigenvalue weighted by atomic mass is 19.1. The van der Waals surface area contributed by atoms with E-state index in [0.29, 0.717) is 6.04 Å². The van der Waals surface area contributed by atoms with Gasteiger partial charge in [-0.05, 0) is 74.0 Å². The Morgan fingerprint density at radius 2 is 1.66 bits per heavy atom. The van der Waals surface area contributed by atoms with Crippen molar-refractivity contribution in [2.75, 3.05) is 13.1 Å². The minimum absolute atomic E-state index is 0.150. The predicted octanol–water partition coefficient (Wildman–Crippen LogP) is 5.10. The second-order valence-electron chi connectivity index (χ2n) is 9.45. The second-order valence-corrected chi connectivity index (χ2v) is 9.45. The Balaban J connectivity index is 1.26. The Bertz CT molecular complexity index is 1060. The van der Waals surface area contributed by atoms with Gasteiger partial charge in [0.2, 0.25) is 5.91 Å². The van der Waals surface area contributed by atoms with Gasteiger partial charge in [0.15, 0.2) is 0 Å². The van der Waals surface area contributed by atoms with Gasteiger partial charge in [-0.2, -0.15) is 0 Å². The summed E-state index contributed by atoms with van der Waals surface area (Å²) in [5.41, 5.74) is 3.57. The van der Waals surface area contributed by atoms with Crippen LogP contribution in [0.1, 0.15) is 49.8 Å². The van der Waals surface area contributed by atoms with E-state index in [0.717, 1.165) is 57.4 Å². The highest BCUT2D eigenvalue weighted by molar-refractivity contribution is 5.81. The molecular formula is C27H32FN3O. The first kappa shape index (κ1) is 21.2. The SMILES string of the molecule is O=C(NC1CCCC1)C1CCN(Cc2cc3ccccc3n2Cc2ccc(F)cc2)CC1. The van der Waals surface area contributed by atoms with Crippen LogP contribution in [-0.2, 0) is 17.9 Å². The van der Waals surface area contributed by atoms with Crippen LogP contribution >= 0.6 is 0 Å². The van der Waals surface area contributed by atoms with Crippen molar-refractivity contribution in [3.63, 3.8) is 0 Å². The monoisotopic (exact) mass is 433 g/mol. The van der Waals surface area contributed by atoms with E-state index in [2.05, 4.69) is 45.1 Å². The number of carbonyl (C=O) groups is 1. The second kappa shape index (κ2) is 9.45. The van der Waals surface area contributed by atoms with E-state index >= 15 is 0 Å². The summed E-state index contributed by atoms with van der Waals surface area (Å²) in [6.07, 6.45) is 6.63. The summed E-state index contributed by atoms with van der Waals surface area (Å²) >= 11 is 0. The molecule has 2 heterocycles. The lowest BCUT2D eigenvalue weighted by atomic mass is 9.95. The molecule has 1 N–H and O–H groups in total. The van der Waals surface area contributed by atoms with Crippen LogP contribution in [0, 0.1) is 11.7 Å². The highest BCUT2D eigenvalue weighted by Gasteiger charge is 2.27. The Hall–Kier alpha value is -2.66. The molecule has 5 heteroatoms. The topological polar surface area (TPSA) is 37.3 Å². The zero-order valence-electron chi connectivity index (χ0n) is 18.6. The molecule has 0 bridgehead atoms. The molecule has 0 atom stereocenters. The van der Waals surface area contributed by atoms with Crippen molar-refractivity contribution in [3.8, 4) is 0 Å². The molecule has 3 aromatic rings. The van der Waals surface area contributed by atoms with Crippen LogP contribution in [-0.4, -0.2) is 34.5 Å². The molecule has 0 spiro atoms. The largest absolute Gasteiger partial charge is 0.353 e. The lowest BCUT2D eigenvalue weighted by molar-refractivity contribution is -0.127. The number of carbonyl (C=O) groups excluding carboxylic acids is 1. The third-order valence-electron chi connectivity index (χ3n) is 7.20. The van der Waals surface area contributed by atoms with Gasteiger partial charge < -0.3 is 9.88 Å². The molecule has 1 aliphatic carbocycles. The first-order valence-electron chi connectivity index (χ1n) is 12.0. The van der Waals surface area contributed by atoms with E-state index in [1.165, 1.54) is 41.6 Å². The van der Waals surface area contributed by atoms with E-state index < -0.39 is 0 Å². The number of hydrogen-bond donors (Lipinski definition) is 1. The van der Waals surface area contributed by atoms with Crippen LogP contribution < -0.4 is 5.32 Å². The zero-order chi connectivity index (χ0) is 21.9. The lowest BCUT2D eigenvalue weighted by Crippen LogP contribution is -2.43. The molecular weight excluding hydrogens is 401 g/mol. The molecule has 2 fully saturated rings.